The zero-order valence-electron chi connectivity index (χ0n) is 22.6. The molecule has 4 aromatic heterocycles. The van der Waals surface area contributed by atoms with Crippen LogP contribution in [-0.2, 0) is 5.60 Å². The highest BCUT2D eigenvalue weighted by Crippen LogP contribution is 2.49. The highest BCUT2D eigenvalue weighted by molar-refractivity contribution is 7.01. The van der Waals surface area contributed by atoms with Crippen LogP contribution in [0.15, 0.2) is 47.2 Å². The number of pyridine rings is 1. The normalized spacial score (nSPS) is 20.5. The van der Waals surface area contributed by atoms with Gasteiger partial charge in [-0.25, -0.2) is 9.97 Å². The summed E-state index contributed by atoms with van der Waals surface area (Å²) < 4.78 is 7.84. The molecule has 1 aromatic carbocycles. The lowest BCUT2D eigenvalue weighted by molar-refractivity contribution is 0.112. The minimum absolute atomic E-state index is 0.0738. The van der Waals surface area contributed by atoms with Gasteiger partial charge in [-0.05, 0) is 68.1 Å². The average Bonchev–Trinajstić information content (AvgIpc) is 3.64. The quantitative estimate of drug-likeness (QED) is 0.312. The summed E-state index contributed by atoms with van der Waals surface area (Å²) in [6.45, 7) is 13.0. The number of aliphatic hydroxyl groups is 1. The molecule has 0 spiro atoms. The maximum absolute atomic E-state index is 13.0. The lowest BCUT2D eigenvalue weighted by Gasteiger charge is -2.31. The molecule has 2 N–H and O–H groups in total. The molecule has 5 heterocycles. The van der Waals surface area contributed by atoms with E-state index < -0.39 is 13.8 Å². The van der Waals surface area contributed by atoms with E-state index in [1.165, 1.54) is 5.32 Å². The van der Waals surface area contributed by atoms with Crippen molar-refractivity contribution in [1.29, 1.82) is 0 Å². The van der Waals surface area contributed by atoms with Gasteiger partial charge in [-0.15, -0.1) is 0 Å². The largest absolute Gasteiger partial charge is 0.372 e. The molecular weight excluding hydrogens is 492 g/mol. The van der Waals surface area contributed by atoms with E-state index in [2.05, 4.69) is 52.7 Å². The van der Waals surface area contributed by atoms with Crippen LogP contribution in [0.2, 0.25) is 11.6 Å². The standard InChI is InChI=1S/C29H32N6O2Si/c1-16-24(17(2)37-34-16)19-13-20(25-21(14-19)32-26(33-25)18-10-11-18)29(36,22-9-7-8-12-30-22)27-31-15-23-35(27)38(23,6)28(3,4)5/h7-9,12-15,18,36H,10-11H2,1-6H3,(H,32,33). The first-order chi connectivity index (χ1) is 18.0. The molecule has 1 aliphatic heterocycles. The molecule has 194 valence electrons. The summed E-state index contributed by atoms with van der Waals surface area (Å²) in [5, 5.41) is 18.5. The van der Waals surface area contributed by atoms with Crippen LogP contribution in [-0.4, -0.2) is 42.7 Å². The molecule has 2 atom stereocenters. The summed E-state index contributed by atoms with van der Waals surface area (Å²) in [6, 6.07) is 9.78. The predicted octanol–water partition coefficient (Wildman–Crippen LogP) is 5.03. The van der Waals surface area contributed by atoms with Crippen molar-refractivity contribution in [3.8, 4) is 11.1 Å². The third-order valence-corrected chi connectivity index (χ3v) is 14.2. The van der Waals surface area contributed by atoms with Crippen LogP contribution in [0.25, 0.3) is 22.2 Å². The lowest BCUT2D eigenvalue weighted by Crippen LogP contribution is -2.40. The number of aryl methyl sites for hydroxylation is 2. The maximum Gasteiger partial charge on any atom is 0.215 e. The fourth-order valence-electron chi connectivity index (χ4n) is 5.97. The summed E-state index contributed by atoms with van der Waals surface area (Å²) in [4.78, 5) is 18.2. The minimum Gasteiger partial charge on any atom is -0.372 e. The van der Waals surface area contributed by atoms with Crippen LogP contribution in [0.3, 0.4) is 0 Å². The number of nitrogens with zero attached hydrogens (tertiary/aromatic N) is 5. The molecule has 8 nitrogen and oxygen atoms in total. The van der Waals surface area contributed by atoms with E-state index in [-0.39, 0.29) is 5.04 Å². The summed E-state index contributed by atoms with van der Waals surface area (Å²) >= 11 is 0. The topological polar surface area (TPSA) is 106 Å². The number of aromatic amines is 1. The van der Waals surface area contributed by atoms with Crippen molar-refractivity contribution in [3.63, 3.8) is 0 Å². The number of benzene rings is 1. The first-order valence-corrected chi connectivity index (χ1v) is 15.7. The number of hydrogen-bond donors (Lipinski definition) is 2. The molecule has 1 fully saturated rings. The highest BCUT2D eigenvalue weighted by Gasteiger charge is 2.62. The van der Waals surface area contributed by atoms with Gasteiger partial charge in [0, 0.05) is 34.8 Å². The molecule has 7 rings (SSSR count). The zero-order valence-corrected chi connectivity index (χ0v) is 23.6. The van der Waals surface area contributed by atoms with Crippen LogP contribution in [0.5, 0.6) is 0 Å². The van der Waals surface area contributed by atoms with Crippen molar-refractivity contribution < 1.29 is 9.63 Å². The SMILES string of the molecule is Cc1noc(C)c1-c1cc(C(O)(c2ccccn2)c2ncc3n2[Si]3(C)C(C)(C)C)c2nc(C3CC3)[nH]c2c1. The van der Waals surface area contributed by atoms with E-state index in [1.54, 1.807) is 6.20 Å². The molecule has 5 aromatic rings. The lowest BCUT2D eigenvalue weighted by atomic mass is 9.85. The number of nitrogens with one attached hydrogen (secondary N) is 1. The molecule has 1 aliphatic carbocycles. The molecule has 0 bridgehead atoms. The molecule has 38 heavy (non-hydrogen) atoms. The maximum atomic E-state index is 13.0. The van der Waals surface area contributed by atoms with E-state index in [0.717, 1.165) is 52.3 Å². The van der Waals surface area contributed by atoms with Crippen molar-refractivity contribution in [2.24, 2.45) is 0 Å². The van der Waals surface area contributed by atoms with Gasteiger partial charge in [0.15, 0.2) is 5.60 Å². The minimum atomic E-state index is -2.03. The second kappa shape index (κ2) is 7.51. The second-order valence-corrected chi connectivity index (χ2v) is 16.7. The number of hydrogen-bond acceptors (Lipinski definition) is 6. The monoisotopic (exact) mass is 524 g/mol. The molecule has 2 unspecified atom stereocenters. The number of fused-ring (bicyclic) bond motifs is 2. The molecular formula is C29H32N6O2Si. The van der Waals surface area contributed by atoms with Gasteiger partial charge in [-0.2, -0.15) is 0 Å². The Labute approximate surface area is 222 Å². The van der Waals surface area contributed by atoms with Gasteiger partial charge in [-0.3, -0.25) is 4.98 Å². The van der Waals surface area contributed by atoms with Crippen LogP contribution in [0, 0.1) is 13.8 Å². The Balaban J connectivity index is 1.55. The van der Waals surface area contributed by atoms with Crippen molar-refractivity contribution in [2.75, 3.05) is 0 Å². The van der Waals surface area contributed by atoms with Crippen LogP contribution in [0.1, 0.15) is 73.9 Å². The molecule has 0 amide bonds. The number of H-pyrrole nitrogens is 1. The predicted molar refractivity (Wildman–Crippen MR) is 148 cm³/mol. The Kier molecular flexibility index (Phi) is 4.65. The van der Waals surface area contributed by atoms with Crippen LogP contribution in [0.4, 0.5) is 0 Å². The fourth-order valence-corrected chi connectivity index (χ4v) is 9.74. The average molecular weight is 525 g/mol. The highest BCUT2D eigenvalue weighted by atomic mass is 28.3. The Hall–Kier alpha value is -3.56. The van der Waals surface area contributed by atoms with Crippen molar-refractivity contribution in [2.45, 2.75) is 70.6 Å². The van der Waals surface area contributed by atoms with Gasteiger partial charge in [0.05, 0.1) is 22.4 Å². The zero-order chi connectivity index (χ0) is 26.6. The Morgan fingerprint density at radius 3 is 2.53 bits per heavy atom. The van der Waals surface area contributed by atoms with Gasteiger partial charge in [0.25, 0.3) is 0 Å². The van der Waals surface area contributed by atoms with Gasteiger partial charge in [0.1, 0.15) is 17.4 Å². The molecule has 9 heteroatoms. The molecule has 2 aliphatic rings. The first-order valence-electron chi connectivity index (χ1n) is 13.3. The van der Waals surface area contributed by atoms with E-state index in [9.17, 15) is 5.11 Å². The van der Waals surface area contributed by atoms with Crippen molar-refractivity contribution in [3.05, 3.63) is 77.1 Å². The fraction of sp³-hybridized carbons (Fsp3) is 0.379. The van der Waals surface area contributed by atoms with Crippen LogP contribution < -0.4 is 5.32 Å². The Bertz CT molecular complexity index is 1710. The number of imidazole rings is 2. The van der Waals surface area contributed by atoms with Gasteiger partial charge < -0.3 is 18.8 Å². The van der Waals surface area contributed by atoms with Crippen LogP contribution >= 0.6 is 0 Å². The summed E-state index contributed by atoms with van der Waals surface area (Å²) in [5.41, 5.74) is 3.84. The Morgan fingerprint density at radius 2 is 1.92 bits per heavy atom. The van der Waals surface area contributed by atoms with E-state index in [4.69, 9.17) is 14.5 Å². The summed E-state index contributed by atoms with van der Waals surface area (Å²) in [6.07, 6.45) is 5.93. The Morgan fingerprint density at radius 1 is 1.13 bits per heavy atom. The third kappa shape index (κ3) is 3.05. The number of aromatic nitrogens is 6. The van der Waals surface area contributed by atoms with Gasteiger partial charge >= 0.3 is 0 Å². The number of rotatable bonds is 5. The van der Waals surface area contributed by atoms with E-state index in [0.29, 0.717) is 23.0 Å². The smallest absolute Gasteiger partial charge is 0.215 e. The van der Waals surface area contributed by atoms with Crippen molar-refractivity contribution in [1.82, 2.24) is 29.3 Å². The van der Waals surface area contributed by atoms with Gasteiger partial charge in [-0.1, -0.05) is 32.0 Å². The van der Waals surface area contributed by atoms with Gasteiger partial charge in [0.2, 0.25) is 8.24 Å². The van der Waals surface area contributed by atoms with Crippen molar-refractivity contribution >= 4 is 24.6 Å². The first kappa shape index (κ1) is 23.5. The van der Waals surface area contributed by atoms with E-state index in [1.807, 2.05) is 44.3 Å². The summed E-state index contributed by atoms with van der Waals surface area (Å²) in [7, 11) is -2.03. The van der Waals surface area contributed by atoms with E-state index >= 15 is 0 Å². The third-order valence-electron chi connectivity index (χ3n) is 8.76. The molecule has 0 radical (unpaired) electrons. The molecule has 0 saturated heterocycles. The second-order valence-electron chi connectivity index (χ2n) is 12.1. The molecule has 1 saturated carbocycles. The summed E-state index contributed by atoms with van der Waals surface area (Å²) in [5.74, 6) is 2.75.